The molecule has 0 aliphatic carbocycles. The lowest BCUT2D eigenvalue weighted by Gasteiger charge is -2.08. The number of aromatic amines is 2. The van der Waals surface area contributed by atoms with Crippen LogP contribution in [0.1, 0.15) is 19.9 Å². The number of nitrogens with one attached hydrogen (secondary N) is 2. The Hall–Kier alpha value is -2.84. The molecule has 7 nitrogen and oxygen atoms in total. The molecule has 0 fully saturated rings. The third-order valence-electron chi connectivity index (χ3n) is 3.17. The maximum atomic E-state index is 13.7. The van der Waals surface area contributed by atoms with Gasteiger partial charge in [-0.1, -0.05) is 0 Å². The van der Waals surface area contributed by atoms with Crippen LogP contribution in [-0.2, 0) is 0 Å². The molecule has 0 unspecified atom stereocenters. The number of rotatable bonds is 2. The van der Waals surface area contributed by atoms with E-state index in [1.807, 2.05) is 0 Å². The van der Waals surface area contributed by atoms with Crippen LogP contribution >= 0.6 is 0 Å². The Bertz CT molecular complexity index is 986. The molecule has 2 N–H and O–H groups in total. The van der Waals surface area contributed by atoms with Crippen molar-refractivity contribution < 1.29 is 8.78 Å². The number of H-pyrrole nitrogens is 2. The first-order valence-corrected chi connectivity index (χ1v) is 6.45. The molecular weight excluding hydrogens is 296 g/mol. The highest BCUT2D eigenvalue weighted by Crippen LogP contribution is 2.21. The van der Waals surface area contributed by atoms with Gasteiger partial charge in [-0.15, -0.1) is 0 Å². The summed E-state index contributed by atoms with van der Waals surface area (Å²) in [6.07, 6.45) is 0. The van der Waals surface area contributed by atoms with Gasteiger partial charge in [-0.3, -0.25) is 14.3 Å². The summed E-state index contributed by atoms with van der Waals surface area (Å²) in [6, 6.07) is 1.87. The normalized spacial score (nSPS) is 11.5. The summed E-state index contributed by atoms with van der Waals surface area (Å²) in [5.74, 6) is -2.03. The lowest BCUT2D eigenvalue weighted by Crippen LogP contribution is -2.31. The molecule has 0 bridgehead atoms. The van der Waals surface area contributed by atoms with Crippen LogP contribution in [0.25, 0.3) is 22.6 Å². The van der Waals surface area contributed by atoms with E-state index >= 15 is 0 Å². The van der Waals surface area contributed by atoms with E-state index in [9.17, 15) is 18.4 Å². The fraction of sp³-hybridized carbons (Fsp3) is 0.231. The van der Waals surface area contributed by atoms with E-state index in [4.69, 9.17) is 0 Å². The van der Waals surface area contributed by atoms with Gasteiger partial charge in [-0.05, 0) is 26.0 Å². The van der Waals surface area contributed by atoms with Gasteiger partial charge in [0.25, 0.3) is 5.56 Å². The molecular formula is C13H11F2N5O2. The molecule has 0 radical (unpaired) electrons. The van der Waals surface area contributed by atoms with Crippen molar-refractivity contribution >= 4 is 11.2 Å². The summed E-state index contributed by atoms with van der Waals surface area (Å²) in [6.45, 7) is 3.49. The van der Waals surface area contributed by atoms with Crippen molar-refractivity contribution in [3.05, 3.63) is 44.9 Å². The number of halogens is 2. The highest BCUT2D eigenvalue weighted by atomic mass is 19.1. The first-order valence-electron chi connectivity index (χ1n) is 6.45. The summed E-state index contributed by atoms with van der Waals surface area (Å²) in [5, 5.41) is 0. The molecule has 0 amide bonds. The van der Waals surface area contributed by atoms with Crippen molar-refractivity contribution in [2.45, 2.75) is 19.9 Å². The van der Waals surface area contributed by atoms with E-state index in [1.165, 1.54) is 4.57 Å². The van der Waals surface area contributed by atoms with Crippen molar-refractivity contribution in [1.82, 2.24) is 24.5 Å². The molecule has 9 heteroatoms. The van der Waals surface area contributed by atoms with E-state index in [0.29, 0.717) is 0 Å². The van der Waals surface area contributed by atoms with Gasteiger partial charge >= 0.3 is 5.69 Å². The molecule has 114 valence electrons. The maximum absolute atomic E-state index is 13.7. The van der Waals surface area contributed by atoms with Crippen LogP contribution in [-0.4, -0.2) is 24.5 Å². The molecule has 0 aliphatic heterocycles. The summed E-state index contributed by atoms with van der Waals surface area (Å²) >= 11 is 0. The lowest BCUT2D eigenvalue weighted by molar-refractivity contribution is 0.514. The predicted octanol–water partition coefficient (Wildman–Crippen LogP) is 1.33. The lowest BCUT2D eigenvalue weighted by atomic mass is 10.2. The molecule has 0 saturated carbocycles. The van der Waals surface area contributed by atoms with Crippen molar-refractivity contribution in [1.29, 1.82) is 0 Å². The van der Waals surface area contributed by atoms with E-state index in [0.717, 1.165) is 12.1 Å². The van der Waals surface area contributed by atoms with Gasteiger partial charge in [-0.2, -0.15) is 13.8 Å². The van der Waals surface area contributed by atoms with E-state index < -0.39 is 23.1 Å². The van der Waals surface area contributed by atoms with Crippen molar-refractivity contribution in [2.24, 2.45) is 0 Å². The summed E-state index contributed by atoms with van der Waals surface area (Å²) in [5.41, 5.74) is -1.23. The van der Waals surface area contributed by atoms with Gasteiger partial charge in [0.15, 0.2) is 5.65 Å². The monoisotopic (exact) mass is 307 g/mol. The largest absolute Gasteiger partial charge is 0.332 e. The third-order valence-corrected chi connectivity index (χ3v) is 3.17. The summed E-state index contributed by atoms with van der Waals surface area (Å²) < 4.78 is 27.9. The zero-order chi connectivity index (χ0) is 16.0. The average molecular weight is 307 g/mol. The van der Waals surface area contributed by atoms with Crippen LogP contribution in [0.4, 0.5) is 8.78 Å². The molecule has 3 rings (SSSR count). The molecule has 0 aliphatic rings. The number of hydrogen-bond acceptors (Lipinski definition) is 4. The highest BCUT2D eigenvalue weighted by Gasteiger charge is 2.18. The maximum Gasteiger partial charge on any atom is 0.330 e. The topological polar surface area (TPSA) is 96.4 Å². The molecule has 3 aromatic heterocycles. The minimum atomic E-state index is -1.06. The van der Waals surface area contributed by atoms with E-state index in [1.54, 1.807) is 13.8 Å². The van der Waals surface area contributed by atoms with E-state index in [2.05, 4.69) is 19.9 Å². The first-order chi connectivity index (χ1) is 10.4. The highest BCUT2D eigenvalue weighted by molar-refractivity contribution is 5.75. The Morgan fingerprint density at radius 2 is 1.86 bits per heavy atom. The van der Waals surface area contributed by atoms with Crippen LogP contribution in [0, 0.1) is 11.9 Å². The number of fused-ring (bicyclic) bond motifs is 1. The number of imidazole rings is 1. The minimum Gasteiger partial charge on any atom is -0.332 e. The Labute approximate surface area is 121 Å². The second-order valence-electron chi connectivity index (χ2n) is 4.98. The average Bonchev–Trinajstić information content (AvgIpc) is 2.82. The molecule has 0 atom stereocenters. The van der Waals surface area contributed by atoms with Crippen LogP contribution < -0.4 is 11.2 Å². The molecule has 3 heterocycles. The minimum absolute atomic E-state index is 0.00880. The standard InChI is InChI=1S/C13H11F2N5O2/c1-5(2)20-11-8(12(21)19-13(20)22)17-10(18-11)6-3-4-7(14)16-9(6)15/h3-5H,1-2H3,(H,17,18)(H,19,21,22). The third kappa shape index (κ3) is 2.10. The van der Waals surface area contributed by atoms with Crippen molar-refractivity contribution in [2.75, 3.05) is 0 Å². The second kappa shape index (κ2) is 4.86. The van der Waals surface area contributed by atoms with Crippen LogP contribution in [0.15, 0.2) is 21.7 Å². The number of aromatic nitrogens is 5. The number of pyridine rings is 1. The fourth-order valence-corrected chi connectivity index (χ4v) is 2.21. The van der Waals surface area contributed by atoms with E-state index in [-0.39, 0.29) is 28.6 Å². The van der Waals surface area contributed by atoms with Crippen LogP contribution in [0.3, 0.4) is 0 Å². The summed E-state index contributed by atoms with van der Waals surface area (Å²) in [4.78, 5) is 35.7. The van der Waals surface area contributed by atoms with Gasteiger partial charge in [0.2, 0.25) is 11.9 Å². The van der Waals surface area contributed by atoms with Crippen LogP contribution in [0.5, 0.6) is 0 Å². The van der Waals surface area contributed by atoms with Gasteiger partial charge in [-0.25, -0.2) is 9.78 Å². The van der Waals surface area contributed by atoms with Gasteiger partial charge in [0.05, 0.1) is 5.56 Å². The summed E-state index contributed by atoms with van der Waals surface area (Å²) in [7, 11) is 0. The molecule has 0 aromatic carbocycles. The van der Waals surface area contributed by atoms with Gasteiger partial charge < -0.3 is 4.98 Å². The molecule has 0 saturated heterocycles. The molecule has 0 spiro atoms. The molecule has 3 aromatic rings. The Kier molecular flexibility index (Phi) is 3.12. The number of hydrogen-bond donors (Lipinski definition) is 2. The van der Waals surface area contributed by atoms with Gasteiger partial charge in [0, 0.05) is 6.04 Å². The molecule has 22 heavy (non-hydrogen) atoms. The quantitative estimate of drug-likeness (QED) is 0.698. The van der Waals surface area contributed by atoms with Gasteiger partial charge in [0.1, 0.15) is 11.3 Å². The first kappa shape index (κ1) is 14.1. The smallest absolute Gasteiger partial charge is 0.330 e. The Morgan fingerprint density at radius 1 is 1.14 bits per heavy atom. The SMILES string of the molecule is CC(C)n1c(=O)[nH]c(=O)c2[nH]c(-c3ccc(F)nc3F)nc21. The Morgan fingerprint density at radius 3 is 2.50 bits per heavy atom. The predicted molar refractivity (Wildman–Crippen MR) is 74.5 cm³/mol. The number of nitrogens with zero attached hydrogens (tertiary/aromatic N) is 3. The fourth-order valence-electron chi connectivity index (χ4n) is 2.21. The van der Waals surface area contributed by atoms with Crippen molar-refractivity contribution in [3.63, 3.8) is 0 Å². The zero-order valence-corrected chi connectivity index (χ0v) is 11.6. The second-order valence-corrected chi connectivity index (χ2v) is 4.98. The van der Waals surface area contributed by atoms with Crippen molar-refractivity contribution in [3.8, 4) is 11.4 Å². The Balaban J connectivity index is 2.35. The zero-order valence-electron chi connectivity index (χ0n) is 11.6. The van der Waals surface area contributed by atoms with Crippen LogP contribution in [0.2, 0.25) is 0 Å².